The van der Waals surface area contributed by atoms with Gasteiger partial charge in [-0.15, -0.1) is 0 Å². The number of nitrogens with zero attached hydrogens (tertiary/aromatic N) is 1. The lowest BCUT2D eigenvalue weighted by molar-refractivity contribution is -0.0443. The number of ether oxygens (including phenoxy) is 4. The topological polar surface area (TPSA) is 74.3 Å². The highest BCUT2D eigenvalue weighted by Gasteiger charge is 2.52. The molecule has 0 bridgehead atoms. The SMILES string of the molecule is Cc1cccc(C(=O)O[C@H]2[C@H]3c4cc5c(cc4CN4CCC(=C[C@@H]2OC(=O)c2cccc(C)c2)[C@H]34)OCO5)c1. The third-order valence-corrected chi connectivity index (χ3v) is 8.22. The van der Waals surface area contributed by atoms with Gasteiger partial charge in [0, 0.05) is 25.0 Å². The average Bonchev–Trinajstić information content (AvgIpc) is 3.55. The second-order valence-electron chi connectivity index (χ2n) is 10.8. The molecule has 0 amide bonds. The fourth-order valence-electron chi connectivity index (χ4n) is 6.48. The predicted octanol–water partition coefficient (Wildman–Crippen LogP) is 5.09. The maximum Gasteiger partial charge on any atom is 0.338 e. The monoisotopic (exact) mass is 523 g/mol. The van der Waals surface area contributed by atoms with Crippen LogP contribution in [-0.2, 0) is 16.0 Å². The Balaban J connectivity index is 1.31. The van der Waals surface area contributed by atoms with Gasteiger partial charge in [-0.05, 0) is 73.9 Å². The number of fused-ring (bicyclic) bond motifs is 3. The summed E-state index contributed by atoms with van der Waals surface area (Å²) in [5.41, 5.74) is 6.26. The summed E-state index contributed by atoms with van der Waals surface area (Å²) in [4.78, 5) is 29.3. The van der Waals surface area contributed by atoms with Crippen LogP contribution in [0.4, 0.5) is 0 Å². The highest BCUT2D eigenvalue weighted by Crippen LogP contribution is 2.51. The van der Waals surface area contributed by atoms with E-state index in [2.05, 4.69) is 4.90 Å². The Hall–Kier alpha value is -4.10. The molecule has 0 spiro atoms. The molecule has 3 heterocycles. The summed E-state index contributed by atoms with van der Waals surface area (Å²) in [5.74, 6) is 0.318. The molecule has 198 valence electrons. The van der Waals surface area contributed by atoms with Gasteiger partial charge in [-0.2, -0.15) is 0 Å². The minimum Gasteiger partial charge on any atom is -0.454 e. The summed E-state index contributed by atoms with van der Waals surface area (Å²) in [6.07, 6.45) is 1.43. The Morgan fingerprint density at radius 1 is 0.872 bits per heavy atom. The highest BCUT2D eigenvalue weighted by molar-refractivity contribution is 5.91. The number of esters is 2. The number of hydrogen-bond acceptors (Lipinski definition) is 7. The van der Waals surface area contributed by atoms with Crippen LogP contribution in [0.2, 0.25) is 0 Å². The first kappa shape index (κ1) is 24.0. The van der Waals surface area contributed by atoms with Gasteiger partial charge >= 0.3 is 11.9 Å². The Kier molecular flexibility index (Phi) is 5.70. The van der Waals surface area contributed by atoms with Gasteiger partial charge in [0.2, 0.25) is 6.79 Å². The number of aryl methyl sites for hydroxylation is 2. The third kappa shape index (κ3) is 4.17. The standard InChI is InChI=1S/C32H29NO6/c1-18-5-3-7-21(11-18)31(34)38-27-13-20-9-10-33-16-23-14-25-26(37-17-36-25)15-24(23)28(29(20)33)30(27)39-32(35)22-8-4-6-19(2)12-22/h3-8,11-15,27-30H,9-10,16-17H2,1-2H3/t27-,28-,29+,30+/m0/s1. The number of benzene rings is 3. The quantitative estimate of drug-likeness (QED) is 0.348. The first-order valence-corrected chi connectivity index (χ1v) is 13.4. The number of carbonyl (C=O) groups excluding carboxylic acids is 2. The molecule has 1 aliphatic carbocycles. The first-order chi connectivity index (χ1) is 18.9. The van der Waals surface area contributed by atoms with E-state index in [9.17, 15) is 9.59 Å². The molecule has 1 fully saturated rings. The molecular formula is C32H29NO6. The van der Waals surface area contributed by atoms with Crippen molar-refractivity contribution in [2.75, 3.05) is 13.3 Å². The zero-order valence-electron chi connectivity index (χ0n) is 21.9. The van der Waals surface area contributed by atoms with Crippen LogP contribution in [0.1, 0.15) is 55.3 Å². The molecule has 1 saturated heterocycles. The van der Waals surface area contributed by atoms with E-state index in [1.54, 1.807) is 12.1 Å². The van der Waals surface area contributed by atoms with Crippen molar-refractivity contribution < 1.29 is 28.5 Å². The molecule has 4 aliphatic rings. The summed E-state index contributed by atoms with van der Waals surface area (Å²) in [6, 6.07) is 18.8. The summed E-state index contributed by atoms with van der Waals surface area (Å²) < 4.78 is 23.9. The largest absolute Gasteiger partial charge is 0.454 e. The van der Waals surface area contributed by atoms with Crippen molar-refractivity contribution >= 4 is 11.9 Å². The molecule has 4 atom stereocenters. The number of hydrogen-bond donors (Lipinski definition) is 0. The second kappa shape index (κ2) is 9.27. The van der Waals surface area contributed by atoms with Gasteiger partial charge in [-0.25, -0.2) is 9.59 Å². The lowest BCUT2D eigenvalue weighted by Crippen LogP contribution is -2.52. The molecule has 3 aliphatic heterocycles. The Morgan fingerprint density at radius 3 is 2.23 bits per heavy atom. The number of rotatable bonds is 4. The van der Waals surface area contributed by atoms with Gasteiger partial charge in [0.05, 0.1) is 11.1 Å². The van der Waals surface area contributed by atoms with Gasteiger partial charge in [-0.3, -0.25) is 4.90 Å². The average molecular weight is 524 g/mol. The molecule has 0 N–H and O–H groups in total. The van der Waals surface area contributed by atoms with Crippen molar-refractivity contribution in [1.82, 2.24) is 4.90 Å². The van der Waals surface area contributed by atoms with E-state index in [0.29, 0.717) is 16.9 Å². The van der Waals surface area contributed by atoms with E-state index in [1.807, 2.05) is 68.5 Å². The highest BCUT2D eigenvalue weighted by atomic mass is 16.7. The van der Waals surface area contributed by atoms with Gasteiger partial charge < -0.3 is 18.9 Å². The van der Waals surface area contributed by atoms with Crippen molar-refractivity contribution in [3.05, 3.63) is 106 Å². The molecule has 3 aromatic rings. The van der Waals surface area contributed by atoms with Crippen molar-refractivity contribution in [2.24, 2.45) is 0 Å². The van der Waals surface area contributed by atoms with Crippen molar-refractivity contribution in [1.29, 1.82) is 0 Å². The molecule has 7 nitrogen and oxygen atoms in total. The van der Waals surface area contributed by atoms with Crippen LogP contribution in [0.25, 0.3) is 0 Å². The summed E-state index contributed by atoms with van der Waals surface area (Å²) in [5, 5.41) is 0. The van der Waals surface area contributed by atoms with E-state index < -0.39 is 24.1 Å². The van der Waals surface area contributed by atoms with Crippen LogP contribution >= 0.6 is 0 Å². The van der Waals surface area contributed by atoms with Crippen LogP contribution in [0, 0.1) is 13.8 Å². The van der Waals surface area contributed by atoms with E-state index in [1.165, 1.54) is 5.57 Å². The van der Waals surface area contributed by atoms with Gasteiger partial charge in [-0.1, -0.05) is 41.0 Å². The van der Waals surface area contributed by atoms with E-state index >= 15 is 0 Å². The van der Waals surface area contributed by atoms with Crippen LogP contribution in [0.15, 0.2) is 72.3 Å². The molecule has 0 aromatic heterocycles. The Labute approximate surface area is 226 Å². The zero-order valence-corrected chi connectivity index (χ0v) is 21.9. The molecule has 0 radical (unpaired) electrons. The maximum absolute atomic E-state index is 13.5. The fraction of sp³-hybridized carbons (Fsp3) is 0.312. The zero-order chi connectivity index (χ0) is 26.7. The van der Waals surface area contributed by atoms with Crippen LogP contribution < -0.4 is 9.47 Å². The summed E-state index contributed by atoms with van der Waals surface area (Å²) in [6.45, 7) is 5.72. The fourth-order valence-corrected chi connectivity index (χ4v) is 6.48. The lowest BCUT2D eigenvalue weighted by Gasteiger charge is -2.46. The molecule has 7 rings (SSSR count). The molecule has 0 saturated carbocycles. The Morgan fingerprint density at radius 2 is 1.54 bits per heavy atom. The normalized spacial score (nSPS) is 24.4. The lowest BCUT2D eigenvalue weighted by atomic mass is 9.73. The van der Waals surface area contributed by atoms with Gasteiger partial charge in [0.25, 0.3) is 0 Å². The van der Waals surface area contributed by atoms with Gasteiger partial charge in [0.1, 0.15) is 0 Å². The van der Waals surface area contributed by atoms with Crippen molar-refractivity contribution in [2.45, 2.75) is 51.0 Å². The van der Waals surface area contributed by atoms with Crippen LogP contribution in [0.3, 0.4) is 0 Å². The smallest absolute Gasteiger partial charge is 0.338 e. The van der Waals surface area contributed by atoms with Crippen LogP contribution in [0.5, 0.6) is 11.5 Å². The van der Waals surface area contributed by atoms with Gasteiger partial charge in [0.15, 0.2) is 23.7 Å². The molecule has 3 aromatic carbocycles. The molecule has 0 unspecified atom stereocenters. The Bertz CT molecular complexity index is 1530. The molecule has 7 heteroatoms. The van der Waals surface area contributed by atoms with E-state index in [4.69, 9.17) is 18.9 Å². The second-order valence-corrected chi connectivity index (χ2v) is 10.8. The molecular weight excluding hydrogens is 494 g/mol. The summed E-state index contributed by atoms with van der Waals surface area (Å²) >= 11 is 0. The summed E-state index contributed by atoms with van der Waals surface area (Å²) in [7, 11) is 0. The minimum absolute atomic E-state index is 0.0575. The number of carbonyl (C=O) groups is 2. The van der Waals surface area contributed by atoms with E-state index in [0.717, 1.165) is 47.5 Å². The van der Waals surface area contributed by atoms with E-state index in [-0.39, 0.29) is 18.8 Å². The minimum atomic E-state index is -0.737. The third-order valence-electron chi connectivity index (χ3n) is 8.22. The maximum atomic E-state index is 13.5. The van der Waals surface area contributed by atoms with Crippen molar-refractivity contribution in [3.8, 4) is 11.5 Å². The first-order valence-electron chi connectivity index (χ1n) is 13.4. The molecule has 39 heavy (non-hydrogen) atoms. The van der Waals surface area contributed by atoms with Crippen molar-refractivity contribution in [3.63, 3.8) is 0 Å². The van der Waals surface area contributed by atoms with Crippen LogP contribution in [-0.4, -0.2) is 48.4 Å². The predicted molar refractivity (Wildman–Crippen MR) is 143 cm³/mol.